The van der Waals surface area contributed by atoms with Crippen LogP contribution in [0.5, 0.6) is 0 Å². The highest BCUT2D eigenvalue weighted by Gasteiger charge is 2.19. The Balaban J connectivity index is 1.15. The van der Waals surface area contributed by atoms with Crippen molar-refractivity contribution in [2.45, 2.75) is 0 Å². The molecule has 0 N–H and O–H groups in total. The van der Waals surface area contributed by atoms with E-state index in [1.165, 1.54) is 80.1 Å². The Morgan fingerprint density at radius 3 is 1.81 bits per heavy atom. The van der Waals surface area contributed by atoms with Crippen molar-refractivity contribution in [3.8, 4) is 11.1 Å². The summed E-state index contributed by atoms with van der Waals surface area (Å²) in [7, 11) is 0. The molecule has 1 aromatic heterocycles. The van der Waals surface area contributed by atoms with Gasteiger partial charge in [-0.3, -0.25) is 0 Å². The van der Waals surface area contributed by atoms with Crippen molar-refractivity contribution >= 4 is 91.7 Å². The monoisotopic (exact) mass is 627 g/mol. The molecule has 0 aliphatic rings. The van der Waals surface area contributed by atoms with Crippen molar-refractivity contribution in [3.05, 3.63) is 176 Å². The Labute approximate surface area is 282 Å². The number of para-hydroxylation sites is 1. The smallest absolute Gasteiger partial charge is 0.0640 e. The van der Waals surface area contributed by atoms with E-state index in [0.717, 1.165) is 11.4 Å². The average Bonchev–Trinajstić information content (AvgIpc) is 3.52. The Kier molecular flexibility index (Phi) is 6.12. The zero-order valence-corrected chi connectivity index (χ0v) is 26.9. The van der Waals surface area contributed by atoms with E-state index in [0.29, 0.717) is 0 Å². The molecular weight excluding hydrogens is 599 g/mol. The molecule has 10 aromatic rings. The Morgan fingerprint density at radius 2 is 1.00 bits per heavy atom. The van der Waals surface area contributed by atoms with Gasteiger partial charge in [-0.05, 0) is 103 Å². The van der Waals surface area contributed by atoms with Crippen LogP contribution in [0.25, 0.3) is 74.4 Å². The van der Waals surface area contributed by atoms with Crippen LogP contribution < -0.4 is 4.90 Å². The first-order chi connectivity index (χ1) is 23.8. The fourth-order valence-electron chi connectivity index (χ4n) is 7.56. The number of hydrogen-bond acceptors (Lipinski definition) is 2. The molecule has 0 saturated heterocycles. The molecule has 0 saturated carbocycles. The van der Waals surface area contributed by atoms with Crippen LogP contribution in [-0.4, -0.2) is 0 Å². The molecular formula is C46H29NS. The highest BCUT2D eigenvalue weighted by atomic mass is 32.1. The first-order valence-electron chi connectivity index (χ1n) is 16.4. The lowest BCUT2D eigenvalue weighted by molar-refractivity contribution is 1.30. The van der Waals surface area contributed by atoms with Crippen LogP contribution in [0.1, 0.15) is 0 Å². The maximum absolute atomic E-state index is 2.41. The van der Waals surface area contributed by atoms with Gasteiger partial charge in [0.1, 0.15) is 0 Å². The second kappa shape index (κ2) is 10.8. The van der Waals surface area contributed by atoms with Crippen molar-refractivity contribution < 1.29 is 0 Å². The van der Waals surface area contributed by atoms with E-state index in [9.17, 15) is 0 Å². The molecule has 0 spiro atoms. The summed E-state index contributed by atoms with van der Waals surface area (Å²) in [5, 5.41) is 12.9. The van der Waals surface area contributed by atoms with Crippen molar-refractivity contribution in [2.24, 2.45) is 0 Å². The highest BCUT2D eigenvalue weighted by Crippen LogP contribution is 2.46. The van der Waals surface area contributed by atoms with Gasteiger partial charge < -0.3 is 4.90 Å². The van der Waals surface area contributed by atoms with E-state index in [-0.39, 0.29) is 0 Å². The number of anilines is 3. The highest BCUT2D eigenvalue weighted by molar-refractivity contribution is 7.26. The SMILES string of the molecule is c1ccc(N(c2ccc(-c3cc4ccc5ccccc5c4c4ccccc34)cc2)c2cccc3c2sc2cc4ccccc4cc23)cc1. The molecule has 0 aliphatic carbocycles. The van der Waals surface area contributed by atoms with Gasteiger partial charge in [0.15, 0.2) is 0 Å². The standard InChI is InChI=1S/C46H29NS/c1-2-14-35(15-3-1)47(43-20-10-19-40-42-27-32-12-4-5-13-33(32)29-44(42)48-46(40)43)36-25-23-31(24-26-36)41-28-34-22-21-30-11-6-7-16-37(30)45(34)39-18-9-8-17-38(39)41/h1-29H. The molecule has 0 unspecified atom stereocenters. The molecule has 0 fully saturated rings. The van der Waals surface area contributed by atoms with Crippen LogP contribution >= 0.6 is 11.3 Å². The number of benzene rings is 9. The number of hydrogen-bond donors (Lipinski definition) is 0. The first-order valence-corrected chi connectivity index (χ1v) is 17.2. The molecule has 48 heavy (non-hydrogen) atoms. The summed E-state index contributed by atoms with van der Waals surface area (Å²) in [4.78, 5) is 2.41. The van der Waals surface area contributed by atoms with Gasteiger partial charge in [-0.1, -0.05) is 127 Å². The largest absolute Gasteiger partial charge is 0.309 e. The van der Waals surface area contributed by atoms with Gasteiger partial charge in [-0.2, -0.15) is 0 Å². The third-order valence-electron chi connectivity index (χ3n) is 9.78. The quantitative estimate of drug-likeness (QED) is 0.176. The van der Waals surface area contributed by atoms with Crippen LogP contribution in [0.4, 0.5) is 17.1 Å². The second-order valence-corrected chi connectivity index (χ2v) is 13.6. The summed E-state index contributed by atoms with van der Waals surface area (Å²) in [6.07, 6.45) is 0. The molecule has 224 valence electrons. The van der Waals surface area contributed by atoms with Crippen LogP contribution in [0, 0.1) is 0 Å². The lowest BCUT2D eigenvalue weighted by Gasteiger charge is -2.26. The predicted octanol–water partition coefficient (Wildman–Crippen LogP) is 13.8. The van der Waals surface area contributed by atoms with E-state index in [1.807, 2.05) is 11.3 Å². The van der Waals surface area contributed by atoms with Gasteiger partial charge in [0.05, 0.1) is 10.4 Å². The van der Waals surface area contributed by atoms with Crippen LogP contribution in [0.3, 0.4) is 0 Å². The maximum Gasteiger partial charge on any atom is 0.0640 e. The second-order valence-electron chi connectivity index (χ2n) is 12.5. The van der Waals surface area contributed by atoms with Gasteiger partial charge in [0, 0.05) is 26.8 Å². The minimum Gasteiger partial charge on any atom is -0.309 e. The normalized spacial score (nSPS) is 11.8. The molecule has 0 bridgehead atoms. The minimum atomic E-state index is 1.14. The van der Waals surface area contributed by atoms with Crippen LogP contribution in [-0.2, 0) is 0 Å². The number of nitrogens with zero attached hydrogens (tertiary/aromatic N) is 1. The van der Waals surface area contributed by atoms with Crippen LogP contribution in [0.2, 0.25) is 0 Å². The van der Waals surface area contributed by atoms with Gasteiger partial charge in [-0.15, -0.1) is 11.3 Å². The topological polar surface area (TPSA) is 3.24 Å². The summed E-state index contributed by atoms with van der Waals surface area (Å²) in [6, 6.07) is 64.4. The number of rotatable bonds is 4. The van der Waals surface area contributed by atoms with E-state index in [2.05, 4.69) is 181 Å². The fraction of sp³-hybridized carbons (Fsp3) is 0. The van der Waals surface area contributed by atoms with E-state index in [4.69, 9.17) is 0 Å². The molecule has 1 nitrogen and oxygen atoms in total. The van der Waals surface area contributed by atoms with Crippen molar-refractivity contribution in [1.29, 1.82) is 0 Å². The summed E-state index contributed by atoms with van der Waals surface area (Å²) in [5.74, 6) is 0. The van der Waals surface area contributed by atoms with Crippen molar-refractivity contribution in [2.75, 3.05) is 4.90 Å². The fourth-order valence-corrected chi connectivity index (χ4v) is 8.79. The molecule has 9 aromatic carbocycles. The molecule has 0 radical (unpaired) electrons. The lowest BCUT2D eigenvalue weighted by atomic mass is 9.91. The maximum atomic E-state index is 2.41. The minimum absolute atomic E-state index is 1.14. The lowest BCUT2D eigenvalue weighted by Crippen LogP contribution is -2.09. The number of thiophene rings is 1. The summed E-state index contributed by atoms with van der Waals surface area (Å²) in [6.45, 7) is 0. The summed E-state index contributed by atoms with van der Waals surface area (Å²) in [5.41, 5.74) is 5.94. The summed E-state index contributed by atoms with van der Waals surface area (Å²) >= 11 is 1.88. The average molecular weight is 628 g/mol. The molecule has 1 heterocycles. The van der Waals surface area contributed by atoms with Gasteiger partial charge >= 0.3 is 0 Å². The van der Waals surface area contributed by atoms with Gasteiger partial charge in [-0.25, -0.2) is 0 Å². The Bertz CT molecular complexity index is 2830. The zero-order valence-electron chi connectivity index (χ0n) is 26.1. The van der Waals surface area contributed by atoms with E-state index >= 15 is 0 Å². The van der Waals surface area contributed by atoms with E-state index < -0.39 is 0 Å². The molecule has 0 amide bonds. The summed E-state index contributed by atoms with van der Waals surface area (Å²) < 4.78 is 2.61. The third kappa shape index (κ3) is 4.24. The molecule has 10 rings (SSSR count). The van der Waals surface area contributed by atoms with Gasteiger partial charge in [0.25, 0.3) is 0 Å². The number of fused-ring (bicyclic) bond motifs is 9. The Morgan fingerprint density at radius 1 is 0.375 bits per heavy atom. The van der Waals surface area contributed by atoms with Crippen molar-refractivity contribution in [3.63, 3.8) is 0 Å². The zero-order chi connectivity index (χ0) is 31.6. The van der Waals surface area contributed by atoms with Crippen molar-refractivity contribution in [1.82, 2.24) is 0 Å². The predicted molar refractivity (Wildman–Crippen MR) is 209 cm³/mol. The molecule has 2 heteroatoms. The molecule has 0 aliphatic heterocycles. The van der Waals surface area contributed by atoms with Crippen LogP contribution in [0.15, 0.2) is 176 Å². The Hall–Kier alpha value is -5.96. The third-order valence-corrected chi connectivity index (χ3v) is 11.0. The van der Waals surface area contributed by atoms with E-state index in [1.54, 1.807) is 0 Å². The van der Waals surface area contributed by atoms with Gasteiger partial charge in [0.2, 0.25) is 0 Å². The molecule has 0 atom stereocenters. The first kappa shape index (κ1) is 27.2.